The molecule has 1 aromatic carbocycles. The quantitative estimate of drug-likeness (QED) is 0.830. The molecule has 0 spiro atoms. The average Bonchev–Trinajstić information content (AvgIpc) is 2.15. The van der Waals surface area contributed by atoms with E-state index in [0.717, 1.165) is 12.1 Å². The maximum Gasteiger partial charge on any atom is 0.416 e. The lowest BCUT2D eigenvalue weighted by atomic mass is 10.2. The second-order valence-corrected chi connectivity index (χ2v) is 3.99. The number of urea groups is 1. The van der Waals surface area contributed by atoms with Crippen LogP contribution in [0.3, 0.4) is 0 Å². The lowest BCUT2D eigenvalue weighted by Gasteiger charge is -2.14. The molecule has 3 nitrogen and oxygen atoms in total. The Kier molecular flexibility index (Phi) is 3.87. The molecule has 17 heavy (non-hydrogen) atoms. The molecule has 0 unspecified atom stereocenters. The summed E-state index contributed by atoms with van der Waals surface area (Å²) < 4.78 is 37.4. The lowest BCUT2D eigenvalue weighted by molar-refractivity contribution is -0.137. The van der Waals surface area contributed by atoms with E-state index in [1.165, 1.54) is 25.1 Å². The number of carbonyl (C=O) groups excluding carboxylic acids is 1. The Hall–Kier alpha value is -1.43. The molecule has 0 aliphatic carbocycles. The van der Waals surface area contributed by atoms with Crippen LogP contribution in [0.1, 0.15) is 5.56 Å². The third kappa shape index (κ3) is 3.81. The summed E-state index contributed by atoms with van der Waals surface area (Å²) in [5.41, 5.74) is -0.900. The van der Waals surface area contributed by atoms with Gasteiger partial charge in [-0.2, -0.15) is 13.2 Å². The first-order valence-electron chi connectivity index (χ1n) is 4.56. The van der Waals surface area contributed by atoms with Crippen LogP contribution in [0.25, 0.3) is 0 Å². The second-order valence-electron chi connectivity index (χ2n) is 3.55. The van der Waals surface area contributed by atoms with Crippen molar-refractivity contribution in [3.63, 3.8) is 0 Å². The van der Waals surface area contributed by atoms with Crippen LogP contribution in [0.4, 0.5) is 23.7 Å². The van der Waals surface area contributed by atoms with E-state index < -0.39 is 17.8 Å². The number of nitrogens with one attached hydrogen (secondary N) is 1. The van der Waals surface area contributed by atoms with Crippen molar-refractivity contribution in [3.8, 4) is 0 Å². The largest absolute Gasteiger partial charge is 0.416 e. The molecule has 7 heteroatoms. The van der Waals surface area contributed by atoms with Gasteiger partial charge in [0.2, 0.25) is 0 Å². The van der Waals surface area contributed by atoms with Gasteiger partial charge in [-0.25, -0.2) is 4.79 Å². The molecule has 1 aromatic rings. The number of carbonyl (C=O) groups is 1. The van der Waals surface area contributed by atoms with Crippen molar-refractivity contribution < 1.29 is 18.0 Å². The van der Waals surface area contributed by atoms with E-state index in [1.54, 1.807) is 0 Å². The number of anilines is 1. The Morgan fingerprint density at radius 1 is 1.29 bits per heavy atom. The first kappa shape index (κ1) is 13.6. The van der Waals surface area contributed by atoms with Gasteiger partial charge in [0.25, 0.3) is 0 Å². The number of rotatable bonds is 1. The first-order valence-corrected chi connectivity index (χ1v) is 4.94. The number of benzene rings is 1. The molecule has 0 bridgehead atoms. The number of nitrogens with zero attached hydrogens (tertiary/aromatic N) is 1. The minimum absolute atomic E-state index is 0.00326. The predicted molar refractivity (Wildman–Crippen MR) is 59.2 cm³/mol. The monoisotopic (exact) mass is 266 g/mol. The molecule has 0 saturated heterocycles. The van der Waals surface area contributed by atoms with Gasteiger partial charge in [0, 0.05) is 24.8 Å². The first-order chi connectivity index (χ1) is 7.70. The summed E-state index contributed by atoms with van der Waals surface area (Å²) in [5, 5.41) is 2.21. The summed E-state index contributed by atoms with van der Waals surface area (Å²) in [6.45, 7) is 0. The van der Waals surface area contributed by atoms with Crippen molar-refractivity contribution >= 4 is 23.3 Å². The fourth-order valence-corrected chi connectivity index (χ4v) is 1.30. The molecular formula is C10H10ClF3N2O. The van der Waals surface area contributed by atoms with E-state index in [1.807, 2.05) is 0 Å². The summed E-state index contributed by atoms with van der Waals surface area (Å²) in [7, 11) is 2.95. The van der Waals surface area contributed by atoms with Gasteiger partial charge in [-0.05, 0) is 18.2 Å². The highest BCUT2D eigenvalue weighted by atomic mass is 35.5. The van der Waals surface area contributed by atoms with Crippen molar-refractivity contribution in [2.45, 2.75) is 6.18 Å². The van der Waals surface area contributed by atoms with E-state index >= 15 is 0 Å². The predicted octanol–water partition coefficient (Wildman–Crippen LogP) is 3.45. The highest BCUT2D eigenvalue weighted by molar-refractivity contribution is 6.31. The number of hydrogen-bond donors (Lipinski definition) is 1. The molecule has 0 heterocycles. The van der Waals surface area contributed by atoms with E-state index in [4.69, 9.17) is 11.6 Å². The normalized spacial score (nSPS) is 11.2. The van der Waals surface area contributed by atoms with Crippen LogP contribution < -0.4 is 5.32 Å². The van der Waals surface area contributed by atoms with Crippen LogP contribution in [0.2, 0.25) is 5.02 Å². The molecular weight excluding hydrogens is 257 g/mol. The third-order valence-electron chi connectivity index (χ3n) is 1.88. The van der Waals surface area contributed by atoms with Crippen molar-refractivity contribution in [3.05, 3.63) is 28.8 Å². The van der Waals surface area contributed by atoms with Gasteiger partial charge in [0.15, 0.2) is 0 Å². The van der Waals surface area contributed by atoms with Gasteiger partial charge in [0.1, 0.15) is 0 Å². The summed E-state index contributed by atoms with van der Waals surface area (Å²) in [6.07, 6.45) is -4.50. The molecule has 0 radical (unpaired) electrons. The molecule has 94 valence electrons. The number of alkyl halides is 3. The second kappa shape index (κ2) is 4.83. The van der Waals surface area contributed by atoms with E-state index in [2.05, 4.69) is 5.32 Å². The number of halogens is 4. The molecule has 0 aliphatic rings. The van der Waals surface area contributed by atoms with Gasteiger partial charge in [-0.1, -0.05) is 11.6 Å². The van der Waals surface area contributed by atoms with Crippen LogP contribution >= 0.6 is 11.6 Å². The Bertz CT molecular complexity index is 432. The Balaban J connectivity index is 3.02. The van der Waals surface area contributed by atoms with Crippen LogP contribution in [-0.2, 0) is 6.18 Å². The van der Waals surface area contributed by atoms with E-state index in [-0.39, 0.29) is 10.7 Å². The average molecular weight is 267 g/mol. The summed E-state index contributed by atoms with van der Waals surface area (Å²) in [5.74, 6) is 0. The maximum atomic E-state index is 12.5. The Labute approximate surface area is 101 Å². The van der Waals surface area contributed by atoms with Crippen molar-refractivity contribution in [1.29, 1.82) is 0 Å². The highest BCUT2D eigenvalue weighted by Gasteiger charge is 2.31. The van der Waals surface area contributed by atoms with Crippen molar-refractivity contribution in [1.82, 2.24) is 4.90 Å². The van der Waals surface area contributed by atoms with Gasteiger partial charge in [0.05, 0.1) is 5.56 Å². The molecule has 0 atom stereocenters. The lowest BCUT2D eigenvalue weighted by Crippen LogP contribution is -2.27. The Morgan fingerprint density at radius 3 is 2.35 bits per heavy atom. The van der Waals surface area contributed by atoms with Gasteiger partial charge >= 0.3 is 12.2 Å². The van der Waals surface area contributed by atoms with Crippen LogP contribution in [0.5, 0.6) is 0 Å². The Morgan fingerprint density at radius 2 is 1.88 bits per heavy atom. The molecule has 0 fully saturated rings. The standard InChI is InChI=1S/C10H10ClF3N2O/c1-16(2)9(17)15-8-4-6(10(12,13)14)3-7(11)5-8/h3-5H,1-2H3,(H,15,17). The van der Waals surface area contributed by atoms with Crippen molar-refractivity contribution in [2.75, 3.05) is 19.4 Å². The molecule has 0 saturated carbocycles. The summed E-state index contributed by atoms with van der Waals surface area (Å²) in [6, 6.07) is 2.35. The van der Waals surface area contributed by atoms with Gasteiger partial charge < -0.3 is 10.2 Å². The van der Waals surface area contributed by atoms with Crippen LogP contribution in [0.15, 0.2) is 18.2 Å². The van der Waals surface area contributed by atoms with E-state index in [0.29, 0.717) is 0 Å². The van der Waals surface area contributed by atoms with Crippen LogP contribution in [-0.4, -0.2) is 25.0 Å². The maximum absolute atomic E-state index is 12.5. The summed E-state index contributed by atoms with van der Waals surface area (Å²) >= 11 is 5.55. The highest BCUT2D eigenvalue weighted by Crippen LogP contribution is 2.33. The minimum atomic E-state index is -4.50. The zero-order chi connectivity index (χ0) is 13.2. The minimum Gasteiger partial charge on any atom is -0.331 e. The molecule has 1 N–H and O–H groups in total. The molecule has 0 aliphatic heterocycles. The number of hydrogen-bond acceptors (Lipinski definition) is 1. The fraction of sp³-hybridized carbons (Fsp3) is 0.300. The summed E-state index contributed by atoms with van der Waals surface area (Å²) in [4.78, 5) is 12.5. The van der Waals surface area contributed by atoms with Crippen molar-refractivity contribution in [2.24, 2.45) is 0 Å². The SMILES string of the molecule is CN(C)C(=O)Nc1cc(Cl)cc(C(F)(F)F)c1. The molecule has 2 amide bonds. The topological polar surface area (TPSA) is 32.3 Å². The van der Waals surface area contributed by atoms with E-state index in [9.17, 15) is 18.0 Å². The van der Waals surface area contributed by atoms with Crippen LogP contribution in [0, 0.1) is 0 Å². The number of amides is 2. The molecule has 1 rings (SSSR count). The zero-order valence-corrected chi connectivity index (χ0v) is 9.86. The third-order valence-corrected chi connectivity index (χ3v) is 2.10. The zero-order valence-electron chi connectivity index (χ0n) is 9.10. The fourth-order valence-electron chi connectivity index (χ4n) is 1.06. The van der Waals surface area contributed by atoms with Gasteiger partial charge in [-0.15, -0.1) is 0 Å². The molecule has 0 aromatic heterocycles. The van der Waals surface area contributed by atoms with Gasteiger partial charge in [-0.3, -0.25) is 0 Å². The smallest absolute Gasteiger partial charge is 0.331 e.